The van der Waals surface area contributed by atoms with Crippen LogP contribution in [0.2, 0.25) is 0 Å². The Labute approximate surface area is 191 Å². The van der Waals surface area contributed by atoms with Crippen LogP contribution in [0.15, 0.2) is 78.0 Å². The van der Waals surface area contributed by atoms with Crippen LogP contribution in [-0.4, -0.2) is 47.3 Å². The normalized spacial score (nSPS) is 16.6. The van der Waals surface area contributed by atoms with Crippen molar-refractivity contribution in [3.8, 4) is 0 Å². The van der Waals surface area contributed by atoms with Gasteiger partial charge in [-0.25, -0.2) is 13.4 Å². The van der Waals surface area contributed by atoms with Crippen LogP contribution in [0.25, 0.3) is 11.0 Å². The summed E-state index contributed by atoms with van der Waals surface area (Å²) < 4.78 is 27.7. The van der Waals surface area contributed by atoms with Crippen molar-refractivity contribution in [2.75, 3.05) is 17.8 Å². The van der Waals surface area contributed by atoms with Crippen LogP contribution in [0.4, 0.5) is 5.69 Å². The lowest BCUT2D eigenvalue weighted by molar-refractivity contribution is 0.0705. The third-order valence-corrected chi connectivity index (χ3v) is 7.24. The number of aromatic amines is 1. The Morgan fingerprint density at radius 3 is 2.55 bits per heavy atom. The maximum Gasteiger partial charge on any atom is 0.261 e. The molecule has 1 aliphatic heterocycles. The molecule has 2 aromatic carbocycles. The van der Waals surface area contributed by atoms with E-state index in [1.807, 2.05) is 29.2 Å². The Kier molecular flexibility index (Phi) is 5.55. The zero-order valence-corrected chi connectivity index (χ0v) is 18.6. The molecule has 3 heterocycles. The van der Waals surface area contributed by atoms with Crippen LogP contribution in [-0.2, 0) is 10.0 Å². The van der Waals surface area contributed by atoms with Crippen LogP contribution in [0.3, 0.4) is 0 Å². The van der Waals surface area contributed by atoms with E-state index in [9.17, 15) is 13.2 Å². The number of rotatable bonds is 5. The molecule has 0 bridgehead atoms. The minimum absolute atomic E-state index is 0.0923. The number of para-hydroxylation sites is 2. The van der Waals surface area contributed by atoms with Crippen molar-refractivity contribution < 1.29 is 13.2 Å². The number of piperidine rings is 1. The quantitative estimate of drug-likeness (QED) is 0.470. The standard InChI is InChI=1S/C24H23N5O3S/c30-24(17-7-9-20(10-8-17)33(31,32)28-19-11-13-25-14-12-19)29-15-3-4-18(16-29)23-26-21-5-1-2-6-22(21)27-23/h1-2,5-14,18H,3-4,15-16H2,(H,25,28)(H,26,27). The minimum atomic E-state index is -3.75. The number of sulfonamides is 1. The summed E-state index contributed by atoms with van der Waals surface area (Å²) in [7, 11) is -3.75. The summed E-state index contributed by atoms with van der Waals surface area (Å²) in [6.07, 6.45) is 4.87. The van der Waals surface area contributed by atoms with Crippen LogP contribution in [0, 0.1) is 0 Å². The Hall–Kier alpha value is -3.72. The highest BCUT2D eigenvalue weighted by Gasteiger charge is 2.27. The monoisotopic (exact) mass is 461 g/mol. The third kappa shape index (κ3) is 4.45. The Balaban J connectivity index is 1.29. The maximum atomic E-state index is 13.1. The Morgan fingerprint density at radius 2 is 1.79 bits per heavy atom. The van der Waals surface area contributed by atoms with Gasteiger partial charge in [0.15, 0.2) is 0 Å². The average molecular weight is 462 g/mol. The number of pyridine rings is 1. The lowest BCUT2D eigenvalue weighted by atomic mass is 9.96. The molecule has 9 heteroatoms. The van der Waals surface area contributed by atoms with E-state index < -0.39 is 10.0 Å². The molecule has 1 atom stereocenters. The molecule has 1 saturated heterocycles. The van der Waals surface area contributed by atoms with E-state index in [0.717, 1.165) is 29.7 Å². The van der Waals surface area contributed by atoms with E-state index in [-0.39, 0.29) is 16.7 Å². The summed E-state index contributed by atoms with van der Waals surface area (Å²) in [6.45, 7) is 1.24. The molecule has 1 fully saturated rings. The van der Waals surface area contributed by atoms with Crippen molar-refractivity contribution in [1.29, 1.82) is 0 Å². The molecule has 2 aromatic heterocycles. The van der Waals surface area contributed by atoms with Crippen molar-refractivity contribution in [2.45, 2.75) is 23.7 Å². The van der Waals surface area contributed by atoms with E-state index in [0.29, 0.717) is 24.3 Å². The van der Waals surface area contributed by atoms with Gasteiger partial charge in [0.05, 0.1) is 21.6 Å². The average Bonchev–Trinajstić information content (AvgIpc) is 3.29. The van der Waals surface area contributed by atoms with Crippen LogP contribution >= 0.6 is 0 Å². The Morgan fingerprint density at radius 1 is 1.03 bits per heavy atom. The van der Waals surface area contributed by atoms with Gasteiger partial charge in [0.2, 0.25) is 0 Å². The molecule has 168 valence electrons. The SMILES string of the molecule is O=C(c1ccc(S(=O)(=O)Nc2ccncc2)cc1)N1CCCC(c2nc3ccccc3[nH]2)C1. The van der Waals surface area contributed by atoms with Crippen molar-refractivity contribution >= 4 is 32.7 Å². The fraction of sp³-hybridized carbons (Fsp3) is 0.208. The molecule has 1 amide bonds. The highest BCUT2D eigenvalue weighted by Crippen LogP contribution is 2.28. The minimum Gasteiger partial charge on any atom is -0.342 e. The summed E-state index contributed by atoms with van der Waals surface area (Å²) in [6, 6.07) is 17.1. The fourth-order valence-corrected chi connectivity index (χ4v) is 5.20. The first-order chi connectivity index (χ1) is 16.0. The molecule has 1 aliphatic rings. The fourth-order valence-electron chi connectivity index (χ4n) is 4.14. The molecule has 0 saturated carbocycles. The van der Waals surface area contributed by atoms with Gasteiger partial charge in [0, 0.05) is 37.0 Å². The van der Waals surface area contributed by atoms with Gasteiger partial charge in [0.25, 0.3) is 15.9 Å². The second kappa shape index (κ2) is 8.67. The van der Waals surface area contributed by atoms with Crippen molar-refractivity contribution in [3.05, 3.63) is 84.4 Å². The van der Waals surface area contributed by atoms with Gasteiger partial charge >= 0.3 is 0 Å². The summed E-state index contributed by atoms with van der Waals surface area (Å²) in [5.74, 6) is 0.929. The molecule has 4 aromatic rings. The number of carbonyl (C=O) groups is 1. The summed E-state index contributed by atoms with van der Waals surface area (Å²) in [5, 5.41) is 0. The zero-order valence-electron chi connectivity index (χ0n) is 17.8. The van der Waals surface area contributed by atoms with Gasteiger partial charge in [-0.3, -0.25) is 14.5 Å². The summed E-state index contributed by atoms with van der Waals surface area (Å²) >= 11 is 0. The third-order valence-electron chi connectivity index (χ3n) is 5.85. The van der Waals surface area contributed by atoms with E-state index in [1.54, 1.807) is 24.3 Å². The molecule has 5 rings (SSSR count). The maximum absolute atomic E-state index is 13.1. The van der Waals surface area contributed by atoms with Crippen molar-refractivity contribution in [1.82, 2.24) is 19.9 Å². The number of aromatic nitrogens is 3. The summed E-state index contributed by atoms with van der Waals surface area (Å²) in [5.41, 5.74) is 2.81. The largest absolute Gasteiger partial charge is 0.342 e. The number of anilines is 1. The van der Waals surface area contributed by atoms with E-state index in [2.05, 4.69) is 14.7 Å². The number of benzene rings is 2. The van der Waals surface area contributed by atoms with Gasteiger partial charge in [-0.2, -0.15) is 0 Å². The highest BCUT2D eigenvalue weighted by atomic mass is 32.2. The lowest BCUT2D eigenvalue weighted by Crippen LogP contribution is -2.39. The predicted octanol–water partition coefficient (Wildman–Crippen LogP) is 3.78. The molecular weight excluding hydrogens is 438 g/mol. The number of imidazole rings is 1. The first-order valence-electron chi connectivity index (χ1n) is 10.8. The number of nitrogens with zero attached hydrogens (tertiary/aromatic N) is 3. The van der Waals surface area contributed by atoms with Crippen molar-refractivity contribution in [3.63, 3.8) is 0 Å². The van der Waals surface area contributed by atoms with Gasteiger partial charge in [-0.15, -0.1) is 0 Å². The molecule has 2 N–H and O–H groups in total. The molecule has 0 aliphatic carbocycles. The first-order valence-corrected chi connectivity index (χ1v) is 12.2. The topological polar surface area (TPSA) is 108 Å². The highest BCUT2D eigenvalue weighted by molar-refractivity contribution is 7.92. The molecule has 0 radical (unpaired) electrons. The number of carbonyl (C=O) groups excluding carboxylic acids is 1. The van der Waals surface area contributed by atoms with E-state index >= 15 is 0 Å². The summed E-state index contributed by atoms with van der Waals surface area (Å²) in [4.78, 5) is 27.0. The molecule has 8 nitrogen and oxygen atoms in total. The number of hydrogen-bond acceptors (Lipinski definition) is 5. The number of H-pyrrole nitrogens is 1. The molecule has 33 heavy (non-hydrogen) atoms. The van der Waals surface area contributed by atoms with E-state index in [1.165, 1.54) is 24.5 Å². The molecule has 0 spiro atoms. The van der Waals surface area contributed by atoms with E-state index in [4.69, 9.17) is 4.98 Å². The first kappa shape index (κ1) is 21.1. The van der Waals surface area contributed by atoms with Crippen LogP contribution in [0.5, 0.6) is 0 Å². The number of hydrogen-bond donors (Lipinski definition) is 2. The van der Waals surface area contributed by atoms with Gasteiger partial charge in [-0.1, -0.05) is 12.1 Å². The second-order valence-electron chi connectivity index (χ2n) is 8.10. The zero-order chi connectivity index (χ0) is 22.8. The number of amides is 1. The number of likely N-dealkylation sites (tertiary alicyclic amines) is 1. The lowest BCUT2D eigenvalue weighted by Gasteiger charge is -2.32. The number of fused-ring (bicyclic) bond motifs is 1. The van der Waals surface area contributed by atoms with Crippen LogP contribution < -0.4 is 4.72 Å². The van der Waals surface area contributed by atoms with Gasteiger partial charge in [0.1, 0.15) is 5.82 Å². The van der Waals surface area contributed by atoms with Gasteiger partial charge < -0.3 is 9.88 Å². The number of nitrogens with one attached hydrogen (secondary N) is 2. The van der Waals surface area contributed by atoms with Crippen molar-refractivity contribution in [2.24, 2.45) is 0 Å². The van der Waals surface area contributed by atoms with Crippen LogP contribution in [0.1, 0.15) is 34.9 Å². The predicted molar refractivity (Wildman–Crippen MR) is 125 cm³/mol. The molecule has 1 unspecified atom stereocenters. The second-order valence-corrected chi connectivity index (χ2v) is 9.78. The smallest absolute Gasteiger partial charge is 0.261 e. The Bertz CT molecular complexity index is 1350. The van der Waals surface area contributed by atoms with Gasteiger partial charge in [-0.05, 0) is 61.4 Å². The molecular formula is C24H23N5O3S.